The summed E-state index contributed by atoms with van der Waals surface area (Å²) in [5, 5.41) is 10.7. The van der Waals surface area contributed by atoms with E-state index in [0.29, 0.717) is 6.54 Å². The van der Waals surface area contributed by atoms with Gasteiger partial charge in [-0.3, -0.25) is 0 Å². The maximum Gasteiger partial charge on any atom is 0.129 e. The quantitative estimate of drug-likeness (QED) is 0.214. The number of nitrogens with zero attached hydrogens (tertiary/aromatic N) is 1. The lowest BCUT2D eigenvalue weighted by molar-refractivity contribution is -0.736. The number of rotatable bonds is 2. The molecule has 0 atom stereocenters. The number of hydrogen-bond acceptors (Lipinski definition) is 1. The molecule has 1 aliphatic heterocycles. The average Bonchev–Trinajstić information content (AvgIpc) is 2.22. The van der Waals surface area contributed by atoms with Crippen LogP contribution in [0.5, 0.6) is 0 Å². The molecule has 0 spiro atoms. The largest absolute Gasteiger partial charge is 0.632 e. The average molecular weight is 99.1 g/mol. The highest BCUT2D eigenvalue weighted by Crippen LogP contribution is 2.16. The van der Waals surface area contributed by atoms with Gasteiger partial charge >= 0.3 is 0 Å². The van der Waals surface area contributed by atoms with Crippen LogP contribution in [0.2, 0.25) is 0 Å². The molecule has 0 saturated carbocycles. The van der Waals surface area contributed by atoms with Gasteiger partial charge in [0.05, 0.1) is 6.54 Å². The Morgan fingerprint density at radius 2 is 2.29 bits per heavy atom. The van der Waals surface area contributed by atoms with Gasteiger partial charge in [0.1, 0.15) is 13.1 Å². The van der Waals surface area contributed by atoms with Crippen LogP contribution in [-0.2, 0) is 0 Å². The smallest absolute Gasteiger partial charge is 0.129 e. The van der Waals surface area contributed by atoms with Crippen molar-refractivity contribution in [2.75, 3.05) is 19.6 Å². The molecule has 0 aromatic rings. The second kappa shape index (κ2) is 1.32. The van der Waals surface area contributed by atoms with Crippen LogP contribution in [0.4, 0.5) is 0 Å². The maximum absolute atomic E-state index is 10.7. The van der Waals surface area contributed by atoms with Crippen LogP contribution in [0.1, 0.15) is 0 Å². The molecule has 0 radical (unpaired) electrons. The van der Waals surface area contributed by atoms with Gasteiger partial charge in [-0.25, -0.2) is 0 Å². The molecule has 1 heterocycles. The molecule has 2 heteroatoms. The van der Waals surface area contributed by atoms with Crippen molar-refractivity contribution in [2.24, 2.45) is 0 Å². The molecule has 2 nitrogen and oxygen atoms in total. The molecular formula is C5H9NO. The highest BCUT2D eigenvalue weighted by atomic mass is 16.6. The Hall–Kier alpha value is -0.340. The monoisotopic (exact) mass is 99.1 g/mol. The Bertz CT molecular complexity index is 86.1. The zero-order valence-corrected chi connectivity index (χ0v) is 4.26. The molecule has 40 valence electrons. The lowest BCUT2D eigenvalue weighted by atomic mass is 10.6. The SMILES string of the molecule is C=CC[N+]1([O-])CC1. The Morgan fingerprint density at radius 3 is 2.43 bits per heavy atom. The molecule has 1 saturated heterocycles. The van der Waals surface area contributed by atoms with Crippen molar-refractivity contribution >= 4 is 0 Å². The summed E-state index contributed by atoms with van der Waals surface area (Å²) in [6.45, 7) is 5.66. The van der Waals surface area contributed by atoms with Crippen LogP contribution < -0.4 is 0 Å². The first-order valence-electron chi connectivity index (χ1n) is 2.45. The Labute approximate surface area is 43.2 Å². The van der Waals surface area contributed by atoms with Crippen LogP contribution in [-0.4, -0.2) is 24.3 Å². The van der Waals surface area contributed by atoms with Gasteiger partial charge in [-0.05, 0) is 6.08 Å². The van der Waals surface area contributed by atoms with Crippen molar-refractivity contribution < 1.29 is 4.65 Å². The summed E-state index contributed by atoms with van der Waals surface area (Å²) >= 11 is 0. The lowest BCUT2D eigenvalue weighted by Gasteiger charge is -2.17. The van der Waals surface area contributed by atoms with E-state index < -0.39 is 0 Å². The van der Waals surface area contributed by atoms with Gasteiger partial charge in [-0.2, -0.15) is 0 Å². The number of quaternary nitrogens is 1. The van der Waals surface area contributed by atoms with Crippen LogP contribution in [0.15, 0.2) is 12.7 Å². The standard InChI is InChI=1S/C5H9NO/c1-2-3-6(7)4-5-6/h2H,1,3-5H2. The summed E-state index contributed by atoms with van der Waals surface area (Å²) in [6.07, 6.45) is 1.68. The fourth-order valence-electron chi connectivity index (χ4n) is 0.529. The molecule has 1 fully saturated rings. The van der Waals surface area contributed by atoms with Crippen LogP contribution in [0.3, 0.4) is 0 Å². The summed E-state index contributed by atoms with van der Waals surface area (Å²) < 4.78 is -0.0243. The van der Waals surface area contributed by atoms with Crippen LogP contribution in [0.25, 0.3) is 0 Å². The molecule has 0 N–H and O–H groups in total. The minimum atomic E-state index is -0.0243. The van der Waals surface area contributed by atoms with Gasteiger partial charge < -0.3 is 9.85 Å². The second-order valence-corrected chi connectivity index (χ2v) is 1.98. The fourth-order valence-corrected chi connectivity index (χ4v) is 0.529. The van der Waals surface area contributed by atoms with Gasteiger partial charge in [0, 0.05) is 0 Å². The van der Waals surface area contributed by atoms with E-state index in [4.69, 9.17) is 0 Å². The highest BCUT2D eigenvalue weighted by Gasteiger charge is 2.29. The zero-order chi connectivity index (χ0) is 5.33. The molecular weight excluding hydrogens is 90.1 g/mol. The molecule has 0 unspecified atom stereocenters. The molecule has 7 heavy (non-hydrogen) atoms. The van der Waals surface area contributed by atoms with Crippen LogP contribution in [0, 0.1) is 5.21 Å². The van der Waals surface area contributed by atoms with E-state index in [1.54, 1.807) is 6.08 Å². The summed E-state index contributed by atoms with van der Waals surface area (Å²) in [4.78, 5) is 0. The topological polar surface area (TPSA) is 23.1 Å². The molecule has 1 rings (SSSR count). The molecule has 0 aromatic heterocycles. The maximum atomic E-state index is 10.7. The van der Waals surface area contributed by atoms with Gasteiger partial charge in [-0.15, -0.1) is 0 Å². The second-order valence-electron chi connectivity index (χ2n) is 1.98. The Kier molecular flexibility index (Phi) is 0.905. The Balaban J connectivity index is 2.25. The van der Waals surface area contributed by atoms with Gasteiger partial charge in [0.2, 0.25) is 0 Å². The van der Waals surface area contributed by atoms with E-state index in [1.807, 2.05) is 0 Å². The number of hydroxylamine groups is 3. The third kappa shape index (κ3) is 1.01. The minimum Gasteiger partial charge on any atom is -0.632 e. The predicted molar refractivity (Wildman–Crippen MR) is 28.4 cm³/mol. The van der Waals surface area contributed by atoms with E-state index in [9.17, 15) is 5.21 Å². The Morgan fingerprint density at radius 1 is 1.71 bits per heavy atom. The van der Waals surface area contributed by atoms with Crippen molar-refractivity contribution in [3.63, 3.8) is 0 Å². The third-order valence-electron chi connectivity index (χ3n) is 1.18. The zero-order valence-electron chi connectivity index (χ0n) is 4.26. The molecule has 0 amide bonds. The number of hydrogen-bond donors (Lipinski definition) is 0. The fraction of sp³-hybridized carbons (Fsp3) is 0.600. The predicted octanol–water partition coefficient (Wildman–Crippen LogP) is 0.501. The first-order valence-corrected chi connectivity index (χ1v) is 2.45. The summed E-state index contributed by atoms with van der Waals surface area (Å²) in [6, 6.07) is 0. The van der Waals surface area contributed by atoms with Crippen molar-refractivity contribution in [2.45, 2.75) is 0 Å². The van der Waals surface area contributed by atoms with Crippen molar-refractivity contribution in [1.82, 2.24) is 0 Å². The van der Waals surface area contributed by atoms with E-state index >= 15 is 0 Å². The first-order chi connectivity index (χ1) is 3.27. The van der Waals surface area contributed by atoms with Gasteiger partial charge in [-0.1, -0.05) is 6.58 Å². The van der Waals surface area contributed by atoms with Gasteiger partial charge in [0.15, 0.2) is 0 Å². The molecule has 0 bridgehead atoms. The highest BCUT2D eigenvalue weighted by molar-refractivity contribution is 4.70. The summed E-state index contributed by atoms with van der Waals surface area (Å²) in [7, 11) is 0. The van der Waals surface area contributed by atoms with E-state index in [2.05, 4.69) is 6.58 Å². The molecule has 1 aliphatic rings. The van der Waals surface area contributed by atoms with Crippen molar-refractivity contribution in [3.8, 4) is 0 Å². The first kappa shape index (κ1) is 4.81. The summed E-state index contributed by atoms with van der Waals surface area (Å²) in [5.74, 6) is 0. The molecule has 0 aliphatic carbocycles. The van der Waals surface area contributed by atoms with Crippen molar-refractivity contribution in [3.05, 3.63) is 17.9 Å². The third-order valence-corrected chi connectivity index (χ3v) is 1.18. The van der Waals surface area contributed by atoms with E-state index in [-0.39, 0.29) is 4.65 Å². The lowest BCUT2D eigenvalue weighted by Crippen LogP contribution is -2.15. The van der Waals surface area contributed by atoms with Crippen LogP contribution >= 0.6 is 0 Å². The summed E-state index contributed by atoms with van der Waals surface area (Å²) in [5.41, 5.74) is 0. The van der Waals surface area contributed by atoms with Gasteiger partial charge in [0.25, 0.3) is 0 Å². The minimum absolute atomic E-state index is 0.0243. The van der Waals surface area contributed by atoms with E-state index in [0.717, 1.165) is 13.1 Å². The van der Waals surface area contributed by atoms with Crippen molar-refractivity contribution in [1.29, 1.82) is 0 Å². The molecule has 0 aromatic carbocycles. The normalized spacial score (nSPS) is 24.1. The van der Waals surface area contributed by atoms with E-state index in [1.165, 1.54) is 0 Å².